The second kappa shape index (κ2) is 8.10. The molecule has 158 valence electrons. The highest BCUT2D eigenvalue weighted by Crippen LogP contribution is 2.43. The van der Waals surface area contributed by atoms with Crippen molar-refractivity contribution in [3.63, 3.8) is 0 Å². The minimum absolute atomic E-state index is 0.0537. The molecule has 0 spiro atoms. The van der Waals surface area contributed by atoms with Gasteiger partial charge in [-0.1, -0.05) is 0 Å². The van der Waals surface area contributed by atoms with Gasteiger partial charge in [-0.15, -0.1) is 0 Å². The lowest BCUT2D eigenvalue weighted by atomic mass is 9.80. The van der Waals surface area contributed by atoms with Crippen LogP contribution in [0.25, 0.3) is 0 Å². The highest BCUT2D eigenvalue weighted by molar-refractivity contribution is 5.81. The summed E-state index contributed by atoms with van der Waals surface area (Å²) < 4.78 is 10.9. The summed E-state index contributed by atoms with van der Waals surface area (Å²) in [6, 6.07) is 3.68. The molecule has 3 aliphatic rings. The van der Waals surface area contributed by atoms with E-state index in [-0.39, 0.29) is 17.9 Å². The first-order valence-electron chi connectivity index (χ1n) is 10.3. The van der Waals surface area contributed by atoms with Crippen LogP contribution in [-0.2, 0) is 11.2 Å². The smallest absolute Gasteiger partial charge is 0.404 e. The van der Waals surface area contributed by atoms with Crippen LogP contribution in [-0.4, -0.2) is 73.3 Å². The number of hydrogen-bond donors (Lipinski definition) is 2. The molecule has 2 saturated heterocycles. The Morgan fingerprint density at radius 1 is 1.10 bits per heavy atom. The molecule has 1 aromatic carbocycles. The molecule has 2 amide bonds. The van der Waals surface area contributed by atoms with Gasteiger partial charge in [-0.3, -0.25) is 9.69 Å². The van der Waals surface area contributed by atoms with Gasteiger partial charge in [0.15, 0.2) is 11.5 Å². The lowest BCUT2D eigenvalue weighted by Gasteiger charge is -2.47. The maximum Gasteiger partial charge on any atom is 0.404 e. The van der Waals surface area contributed by atoms with Crippen molar-refractivity contribution in [2.75, 3.05) is 40.4 Å². The summed E-state index contributed by atoms with van der Waals surface area (Å²) >= 11 is 0. The summed E-state index contributed by atoms with van der Waals surface area (Å²) in [4.78, 5) is 28.8. The molecule has 2 fully saturated rings. The molecule has 8 heteroatoms. The number of nitrogens with zero attached hydrogens (tertiary/aromatic N) is 2. The van der Waals surface area contributed by atoms with Crippen molar-refractivity contribution in [3.05, 3.63) is 23.3 Å². The van der Waals surface area contributed by atoms with Crippen LogP contribution in [0.1, 0.15) is 36.4 Å². The average molecular weight is 403 g/mol. The molecule has 3 atom stereocenters. The maximum atomic E-state index is 13.1. The average Bonchev–Trinajstić information content (AvgIpc) is 3.26. The third-order valence-electron chi connectivity index (χ3n) is 6.55. The van der Waals surface area contributed by atoms with Gasteiger partial charge in [0.25, 0.3) is 0 Å². The molecule has 29 heavy (non-hydrogen) atoms. The molecular formula is C21H29N3O5. The summed E-state index contributed by atoms with van der Waals surface area (Å²) in [5.41, 5.74) is 2.33. The van der Waals surface area contributed by atoms with Gasteiger partial charge < -0.3 is 24.8 Å². The fourth-order valence-corrected chi connectivity index (χ4v) is 5.10. The molecule has 8 nitrogen and oxygen atoms in total. The lowest BCUT2D eigenvalue weighted by molar-refractivity contribution is -0.138. The van der Waals surface area contributed by atoms with E-state index >= 15 is 0 Å². The van der Waals surface area contributed by atoms with E-state index in [4.69, 9.17) is 9.47 Å². The number of carbonyl (C=O) groups is 2. The van der Waals surface area contributed by atoms with Gasteiger partial charge in [-0.2, -0.15) is 0 Å². The molecule has 3 unspecified atom stereocenters. The topological polar surface area (TPSA) is 91.3 Å². The van der Waals surface area contributed by atoms with Crippen LogP contribution in [0.2, 0.25) is 0 Å². The lowest BCUT2D eigenvalue weighted by Crippen LogP contribution is -2.57. The van der Waals surface area contributed by atoms with Gasteiger partial charge in [0.05, 0.1) is 20.1 Å². The Morgan fingerprint density at radius 3 is 2.45 bits per heavy atom. The predicted octanol–water partition coefficient (Wildman–Crippen LogP) is 1.88. The third-order valence-corrected chi connectivity index (χ3v) is 6.55. The zero-order chi connectivity index (χ0) is 20.5. The van der Waals surface area contributed by atoms with Crippen LogP contribution in [0.4, 0.5) is 4.79 Å². The SMILES string of the molecule is COc1cc2c(cc1OC)C1CC(NC(=O)O)C(C(=O)N3CCCC3)CN1CC2. The van der Waals surface area contributed by atoms with E-state index in [1.54, 1.807) is 14.2 Å². The Balaban J connectivity index is 1.63. The number of carbonyl (C=O) groups excluding carboxylic acids is 1. The molecule has 3 aliphatic heterocycles. The van der Waals surface area contributed by atoms with Crippen LogP contribution in [0.3, 0.4) is 0 Å². The van der Waals surface area contributed by atoms with E-state index in [1.165, 1.54) is 5.56 Å². The quantitative estimate of drug-likeness (QED) is 0.798. The van der Waals surface area contributed by atoms with Crippen molar-refractivity contribution in [1.82, 2.24) is 15.1 Å². The van der Waals surface area contributed by atoms with Gasteiger partial charge in [0.1, 0.15) is 0 Å². The standard InChI is InChI=1S/C21H29N3O5/c1-28-18-9-13-5-8-24-12-15(20(25)23-6-3-4-7-23)16(22-21(26)27)11-17(24)14(13)10-19(18)29-2/h9-10,15-17,22H,3-8,11-12H2,1-2H3,(H,26,27). The van der Waals surface area contributed by atoms with Crippen molar-refractivity contribution in [3.8, 4) is 11.5 Å². The van der Waals surface area contributed by atoms with Crippen molar-refractivity contribution in [1.29, 1.82) is 0 Å². The number of amides is 2. The third kappa shape index (κ3) is 3.73. The van der Waals surface area contributed by atoms with Gasteiger partial charge in [0.2, 0.25) is 5.91 Å². The molecule has 3 heterocycles. The fourth-order valence-electron chi connectivity index (χ4n) is 5.10. The molecule has 0 bridgehead atoms. The highest BCUT2D eigenvalue weighted by Gasteiger charge is 2.44. The number of fused-ring (bicyclic) bond motifs is 3. The predicted molar refractivity (Wildman–Crippen MR) is 106 cm³/mol. The summed E-state index contributed by atoms with van der Waals surface area (Å²) in [6.45, 7) is 2.96. The van der Waals surface area contributed by atoms with Gasteiger partial charge in [-0.05, 0) is 48.9 Å². The van der Waals surface area contributed by atoms with E-state index in [0.717, 1.165) is 44.5 Å². The van der Waals surface area contributed by atoms with Crippen LogP contribution in [0.5, 0.6) is 11.5 Å². The van der Waals surface area contributed by atoms with Gasteiger partial charge in [-0.25, -0.2) is 4.79 Å². The van der Waals surface area contributed by atoms with Crippen LogP contribution >= 0.6 is 0 Å². The molecular weight excluding hydrogens is 374 g/mol. The Morgan fingerprint density at radius 2 is 1.79 bits per heavy atom. The van der Waals surface area contributed by atoms with Crippen LogP contribution in [0.15, 0.2) is 12.1 Å². The van der Waals surface area contributed by atoms with Crippen LogP contribution in [0, 0.1) is 5.92 Å². The maximum absolute atomic E-state index is 13.1. The van der Waals surface area contributed by atoms with Crippen molar-refractivity contribution < 1.29 is 24.2 Å². The van der Waals surface area contributed by atoms with Crippen molar-refractivity contribution in [2.24, 2.45) is 5.92 Å². The first-order valence-corrected chi connectivity index (χ1v) is 10.3. The zero-order valence-electron chi connectivity index (χ0n) is 17.0. The first-order chi connectivity index (χ1) is 14.0. The zero-order valence-corrected chi connectivity index (χ0v) is 17.0. The Labute approximate surface area is 170 Å². The number of methoxy groups -OCH3 is 2. The molecule has 4 rings (SSSR count). The van der Waals surface area contributed by atoms with E-state index < -0.39 is 12.1 Å². The molecule has 0 aromatic heterocycles. The Kier molecular flexibility index (Phi) is 5.54. The van der Waals surface area contributed by atoms with E-state index in [1.807, 2.05) is 17.0 Å². The normalized spacial score (nSPS) is 26.4. The number of piperidine rings is 1. The monoisotopic (exact) mass is 403 g/mol. The van der Waals surface area contributed by atoms with E-state index in [9.17, 15) is 14.7 Å². The van der Waals surface area contributed by atoms with Gasteiger partial charge >= 0.3 is 6.09 Å². The summed E-state index contributed by atoms with van der Waals surface area (Å²) in [6.07, 6.45) is 2.41. The number of carboxylic acid groups (broad SMARTS) is 1. The number of nitrogens with one attached hydrogen (secondary N) is 1. The summed E-state index contributed by atoms with van der Waals surface area (Å²) in [5.74, 6) is 1.11. The first kappa shape index (κ1) is 19.8. The van der Waals surface area contributed by atoms with Crippen molar-refractivity contribution >= 4 is 12.0 Å². The Bertz CT molecular complexity index is 793. The number of likely N-dealkylation sites (tertiary alicyclic amines) is 1. The molecule has 0 aliphatic carbocycles. The molecule has 2 N–H and O–H groups in total. The summed E-state index contributed by atoms with van der Waals surface area (Å²) in [7, 11) is 3.24. The van der Waals surface area contributed by atoms with E-state index in [0.29, 0.717) is 24.5 Å². The second-order valence-corrected chi connectivity index (χ2v) is 8.10. The van der Waals surface area contributed by atoms with Crippen LogP contribution < -0.4 is 14.8 Å². The Hall–Kier alpha value is -2.48. The molecule has 0 saturated carbocycles. The largest absolute Gasteiger partial charge is 0.493 e. The minimum Gasteiger partial charge on any atom is -0.493 e. The molecule has 1 aromatic rings. The fraction of sp³-hybridized carbons (Fsp3) is 0.619. The number of ether oxygens (including phenoxy) is 2. The number of benzene rings is 1. The highest BCUT2D eigenvalue weighted by atomic mass is 16.5. The van der Waals surface area contributed by atoms with Gasteiger partial charge in [0, 0.05) is 38.3 Å². The number of hydrogen-bond acceptors (Lipinski definition) is 5. The second-order valence-electron chi connectivity index (χ2n) is 8.10. The number of rotatable bonds is 4. The van der Waals surface area contributed by atoms with E-state index in [2.05, 4.69) is 10.2 Å². The molecule has 0 radical (unpaired) electrons. The van der Waals surface area contributed by atoms with Crippen molar-refractivity contribution in [2.45, 2.75) is 37.8 Å². The summed E-state index contributed by atoms with van der Waals surface area (Å²) in [5, 5.41) is 12.0. The minimum atomic E-state index is -1.08.